The van der Waals surface area contributed by atoms with Gasteiger partial charge in [0.05, 0.1) is 21.7 Å². The third-order valence-corrected chi connectivity index (χ3v) is 22.0. The number of piperazine rings is 2. The number of hydrogen-bond donors (Lipinski definition) is 3. The Morgan fingerprint density at radius 3 is 2.17 bits per heavy atom. The molecule has 11 rings (SSSR count). The van der Waals surface area contributed by atoms with E-state index in [0.717, 1.165) is 79.4 Å². The molecule has 0 spiro atoms. The number of carbonyl (C=O) groups excluding carboxylic acids is 5. The number of benzene rings is 5. The Bertz CT molecular complexity index is 3800. The molecule has 5 aromatic rings. The van der Waals surface area contributed by atoms with Gasteiger partial charge in [-0.15, -0.1) is 11.8 Å². The maximum absolute atomic E-state index is 15.8. The fraction of sp³-hybridized carbons (Fsp3) is 0.413. The van der Waals surface area contributed by atoms with Gasteiger partial charge in [0.15, 0.2) is 0 Å². The highest BCUT2D eigenvalue weighted by molar-refractivity contribution is 7.99. The molecule has 0 radical (unpaired) electrons. The first-order valence-corrected chi connectivity index (χ1v) is 33.7. The van der Waals surface area contributed by atoms with Crippen molar-refractivity contribution in [3.05, 3.63) is 153 Å². The van der Waals surface area contributed by atoms with Gasteiger partial charge in [0.1, 0.15) is 16.8 Å². The number of imide groups is 2. The van der Waals surface area contributed by atoms with Gasteiger partial charge in [0, 0.05) is 110 Å². The SMILES string of the molecule is CC1(C)CCC(c2ccc(Cl)cc2)=C(CN2CCN(c3ccc(C(=O)NS(=O)(=O)c4ccc(N[C@H](CCN5CC6CCC(C5)N6Cc5cc(F)c6c(c5)C(=O)N(C5CCC(=O)NC5=O)C6=O)CSc5ccccc5)c(S(=O)(=O)C(F)(F)F)c4)cc3)CC2)C1. The minimum atomic E-state index is -6.19. The molecule has 1 aliphatic carbocycles. The molecule has 25 heteroatoms. The highest BCUT2D eigenvalue weighted by atomic mass is 35.5. The Labute approximate surface area is 518 Å². The van der Waals surface area contributed by atoms with Gasteiger partial charge in [-0.05, 0) is 146 Å². The van der Waals surface area contributed by atoms with Crippen molar-refractivity contribution in [1.29, 1.82) is 0 Å². The number of fused-ring (bicyclic) bond motifs is 3. The second-order valence-electron chi connectivity index (χ2n) is 24.3. The fourth-order valence-electron chi connectivity index (χ4n) is 13.1. The van der Waals surface area contributed by atoms with Crippen LogP contribution in [0.1, 0.15) is 107 Å². The lowest BCUT2D eigenvalue weighted by Gasteiger charge is -2.41. The highest BCUT2D eigenvalue weighted by Gasteiger charge is 2.50. The average molecular weight is 1290 g/mol. The number of sulfonamides is 1. The van der Waals surface area contributed by atoms with E-state index in [1.165, 1.54) is 52.7 Å². The number of nitrogens with zero attached hydrogens (tertiary/aromatic N) is 5. The van der Waals surface area contributed by atoms with Crippen LogP contribution in [0.15, 0.2) is 129 Å². The quantitative estimate of drug-likeness (QED) is 0.0400. The van der Waals surface area contributed by atoms with Crippen LogP contribution in [0.25, 0.3) is 5.57 Å². The van der Waals surface area contributed by atoms with Crippen LogP contribution >= 0.6 is 23.4 Å². The zero-order valence-corrected chi connectivity index (χ0v) is 51.7. The molecule has 2 bridgehead atoms. The Morgan fingerprint density at radius 2 is 1.50 bits per heavy atom. The van der Waals surface area contributed by atoms with Crippen LogP contribution in [0.5, 0.6) is 0 Å². The molecule has 3 N–H and O–H groups in total. The van der Waals surface area contributed by atoms with Crippen LogP contribution in [0.2, 0.25) is 5.02 Å². The Balaban J connectivity index is 0.740. The van der Waals surface area contributed by atoms with Crippen LogP contribution in [0.4, 0.5) is 28.9 Å². The van der Waals surface area contributed by atoms with E-state index < -0.39 is 93.8 Å². The van der Waals surface area contributed by atoms with Crippen LogP contribution < -0.4 is 20.3 Å². The largest absolute Gasteiger partial charge is 0.501 e. The Morgan fingerprint density at radius 1 is 0.807 bits per heavy atom. The van der Waals surface area contributed by atoms with Gasteiger partial charge in [0.25, 0.3) is 37.6 Å². The number of hydrogen-bond acceptors (Lipinski definition) is 15. The van der Waals surface area contributed by atoms with Gasteiger partial charge in [-0.25, -0.2) is 25.9 Å². The molecule has 17 nitrogen and oxygen atoms in total. The lowest BCUT2D eigenvalue weighted by Crippen LogP contribution is -2.54. The topological polar surface area (TPSA) is 206 Å². The molecule has 4 atom stereocenters. The third-order valence-electron chi connectivity index (χ3n) is 17.7. The molecule has 0 aromatic heterocycles. The Kier molecular flexibility index (Phi) is 18.1. The lowest BCUT2D eigenvalue weighted by molar-refractivity contribution is -0.136. The molecular weight excluding hydrogens is 1220 g/mol. The van der Waals surface area contributed by atoms with Gasteiger partial charge in [-0.1, -0.05) is 61.4 Å². The summed E-state index contributed by atoms with van der Waals surface area (Å²) < 4.78 is 116. The number of likely N-dealkylation sites (tertiary alicyclic amines) is 1. The van der Waals surface area contributed by atoms with Crippen molar-refractivity contribution >= 4 is 89.7 Å². The van der Waals surface area contributed by atoms with E-state index in [9.17, 15) is 54.0 Å². The van der Waals surface area contributed by atoms with Gasteiger partial charge >= 0.3 is 5.51 Å². The normalized spacial score (nSPS) is 21.6. The summed E-state index contributed by atoms with van der Waals surface area (Å²) >= 11 is 7.60. The minimum absolute atomic E-state index is 0.0264. The summed E-state index contributed by atoms with van der Waals surface area (Å²) in [6.07, 6.45) is 4.79. The molecule has 4 fully saturated rings. The van der Waals surface area contributed by atoms with Crippen molar-refractivity contribution in [1.82, 2.24) is 29.6 Å². The first-order valence-electron chi connectivity index (χ1n) is 29.3. The number of sulfone groups is 1. The zero-order valence-electron chi connectivity index (χ0n) is 48.5. The standard InChI is InChI=1S/C63H67ClF4N8O9S3/c1-62(2)24-22-50(40-8-12-43(64)13-9-40)42(33-62)35-72-26-28-74(29-27-72)45-14-10-41(11-15-45)58(78)71-88(84,85)49-18-19-53(55(32-49)87(82,83)63(66,67)68)69-44(38-86-48-6-4-3-5-7-48)23-25-73-36-46-16-17-47(37-73)75(46)34-39-30-51-57(52(65)31-39)61(81)76(60(51)80)54-20-21-56(77)70-59(54)79/h3-15,18-19,30-32,44,46-47,54,69H,16-17,20-29,33-38H2,1-2H3,(H,71,78)(H,70,77,79)/t44-,46?,47?,54?/m1/s1. The second kappa shape index (κ2) is 25.3. The first kappa shape index (κ1) is 62.9. The van der Waals surface area contributed by atoms with Crippen LogP contribution in [0, 0.1) is 11.2 Å². The molecule has 3 unspecified atom stereocenters. The van der Waals surface area contributed by atoms with Crippen molar-refractivity contribution in [2.24, 2.45) is 5.41 Å². The van der Waals surface area contributed by atoms with E-state index in [1.807, 2.05) is 47.2 Å². The molecule has 5 amide bonds. The van der Waals surface area contributed by atoms with E-state index in [4.69, 9.17) is 11.6 Å². The van der Waals surface area contributed by atoms with Crippen molar-refractivity contribution in [3.63, 3.8) is 0 Å². The molecule has 4 saturated heterocycles. The summed E-state index contributed by atoms with van der Waals surface area (Å²) in [4.78, 5) is 73.2. The van der Waals surface area contributed by atoms with Crippen LogP contribution in [0.3, 0.4) is 0 Å². The molecule has 5 aromatic carbocycles. The van der Waals surface area contributed by atoms with Crippen LogP contribution in [-0.2, 0) is 36.0 Å². The van der Waals surface area contributed by atoms with Crippen molar-refractivity contribution in [3.8, 4) is 0 Å². The van der Waals surface area contributed by atoms with Gasteiger partial charge in [-0.3, -0.25) is 44.0 Å². The molecular formula is C63H67ClF4N8O9S3. The van der Waals surface area contributed by atoms with Crippen molar-refractivity contribution in [2.45, 2.75) is 116 Å². The molecule has 6 aliphatic rings. The maximum Gasteiger partial charge on any atom is 0.501 e. The molecule has 0 saturated carbocycles. The number of halogens is 5. The monoisotopic (exact) mass is 1290 g/mol. The summed E-state index contributed by atoms with van der Waals surface area (Å²) in [6.45, 7) is 10.2. The summed E-state index contributed by atoms with van der Waals surface area (Å²) in [5.74, 6) is -4.82. The molecule has 5 heterocycles. The minimum Gasteiger partial charge on any atom is -0.380 e. The summed E-state index contributed by atoms with van der Waals surface area (Å²) in [7, 11) is -11.1. The van der Waals surface area contributed by atoms with Gasteiger partial charge < -0.3 is 15.1 Å². The van der Waals surface area contributed by atoms with Crippen LogP contribution in [-0.4, -0.2) is 154 Å². The van der Waals surface area contributed by atoms with E-state index in [1.54, 1.807) is 12.1 Å². The smallest absolute Gasteiger partial charge is 0.380 e. The average Bonchev–Trinajstić information content (AvgIpc) is 1.81. The predicted octanol–water partition coefficient (Wildman–Crippen LogP) is 9.39. The van der Waals surface area contributed by atoms with E-state index in [2.05, 4.69) is 56.2 Å². The van der Waals surface area contributed by atoms with E-state index in [0.29, 0.717) is 55.8 Å². The number of nitrogens with one attached hydrogen (secondary N) is 3. The number of amides is 5. The number of allylic oxidation sites excluding steroid dienone is 1. The highest BCUT2D eigenvalue weighted by Crippen LogP contribution is 2.44. The molecule has 466 valence electrons. The fourth-order valence-corrected chi connectivity index (χ4v) is 16.2. The number of rotatable bonds is 19. The number of piperidine rings is 1. The third kappa shape index (κ3) is 13.6. The Hall–Kier alpha value is -6.67. The summed E-state index contributed by atoms with van der Waals surface area (Å²) in [5, 5.41) is 5.86. The first-order chi connectivity index (χ1) is 41.8. The van der Waals surface area contributed by atoms with Crippen molar-refractivity contribution in [2.75, 3.05) is 68.3 Å². The van der Waals surface area contributed by atoms with Crippen molar-refractivity contribution < 1.29 is 58.4 Å². The van der Waals surface area contributed by atoms with E-state index in [-0.39, 0.29) is 53.8 Å². The van der Waals surface area contributed by atoms with Gasteiger partial charge in [0.2, 0.25) is 11.8 Å². The second-order valence-corrected chi connectivity index (χ2v) is 29.4. The number of thioether (sulfide) groups is 1. The molecule has 88 heavy (non-hydrogen) atoms. The lowest BCUT2D eigenvalue weighted by atomic mass is 9.73. The predicted molar refractivity (Wildman–Crippen MR) is 326 cm³/mol. The number of anilines is 2. The summed E-state index contributed by atoms with van der Waals surface area (Å²) in [5.41, 5.74) is -1.51. The number of alkyl halides is 3. The number of carbonyl (C=O) groups is 5. The summed E-state index contributed by atoms with van der Waals surface area (Å²) in [6, 6.07) is 26.6. The van der Waals surface area contributed by atoms with E-state index >= 15 is 4.39 Å². The van der Waals surface area contributed by atoms with Gasteiger partial charge in [-0.2, -0.15) is 13.2 Å². The molecule has 5 aliphatic heterocycles. The maximum atomic E-state index is 15.8. The zero-order chi connectivity index (χ0) is 62.5.